The number of fused-ring (bicyclic) bond motifs is 1. The van der Waals surface area contributed by atoms with Crippen LogP contribution in [0.3, 0.4) is 0 Å². The smallest absolute Gasteiger partial charge is 0.413 e. The molecule has 2 heterocycles. The predicted octanol–water partition coefficient (Wildman–Crippen LogP) is 9.28. The van der Waals surface area contributed by atoms with E-state index in [1.807, 2.05) is 30.4 Å². The lowest BCUT2D eigenvalue weighted by Crippen LogP contribution is -2.42. The molecule has 1 amide bonds. The molecule has 1 fully saturated rings. The van der Waals surface area contributed by atoms with Gasteiger partial charge in [-0.25, -0.2) is 14.4 Å². The number of aliphatic hydroxyl groups excluding tert-OH is 1. The van der Waals surface area contributed by atoms with Crippen molar-refractivity contribution in [3.8, 4) is 5.75 Å². The fraction of sp³-hybridized carbons (Fsp3) is 0.372. The van der Waals surface area contributed by atoms with E-state index in [9.17, 15) is 19.3 Å². The molecule has 0 aliphatic carbocycles. The fourth-order valence-electron chi connectivity index (χ4n) is 5.69. The first-order chi connectivity index (χ1) is 28.0. The van der Waals surface area contributed by atoms with E-state index in [2.05, 4.69) is 83.1 Å². The maximum absolute atomic E-state index is 15.2. The minimum Gasteiger partial charge on any atom is -0.413 e. The van der Waals surface area contributed by atoms with E-state index in [-0.39, 0.29) is 31.2 Å². The molecule has 1 unspecified atom stereocenters. The maximum atomic E-state index is 15.2. The summed E-state index contributed by atoms with van der Waals surface area (Å²) in [6, 6.07) is 13.7. The maximum Gasteiger partial charge on any atom is 0.458 e. The van der Waals surface area contributed by atoms with E-state index >= 15 is 8.78 Å². The molecule has 0 bridgehead atoms. The number of hydrogen-bond donors (Lipinski definition) is 3. The van der Waals surface area contributed by atoms with Crippen LogP contribution in [0.25, 0.3) is 10.8 Å². The van der Waals surface area contributed by atoms with E-state index in [1.165, 1.54) is 6.07 Å². The summed E-state index contributed by atoms with van der Waals surface area (Å²) in [6.45, 7) is 1.34. The quantitative estimate of drug-likeness (QED) is 0.0264. The summed E-state index contributed by atoms with van der Waals surface area (Å²) < 4.78 is 62.2. The van der Waals surface area contributed by atoms with E-state index in [0.717, 1.165) is 50.1 Å². The first-order valence-electron chi connectivity index (χ1n) is 19.3. The standard InChI is InChI=1S/C43H52F2IN4O7P/c1-2-3-4-5-6-7-8-9-10-11-12-13-14-15-16-17-18-19-20-28-39(51)47-30-31-48-58(54,57-36-27-23-25-34-24-21-22-26-35(34)36)55-33-37-40(52)43(44,45)41(56-37)50-32-29-38(46)49-42(50)53/h3-4,6-7,9-10,12-13,15-16,18-19,21-27,29,32,37,40-41,52H,2,5,8,11,14,17,20,28,30-31,33H2,1H3,(H,47,51)(H,48,54)/b4-3-,7-6-,10-9-,13-12-,16-15-,19-18-/t37-,40-,41-,58?/m1/s1. The molecule has 3 aromatic rings. The number of amides is 1. The molecule has 1 aromatic heterocycles. The van der Waals surface area contributed by atoms with Crippen LogP contribution in [0.4, 0.5) is 8.78 Å². The average molecular weight is 933 g/mol. The molecule has 1 aliphatic heterocycles. The normalized spacial score (nSPS) is 19.5. The molecule has 11 nitrogen and oxygen atoms in total. The van der Waals surface area contributed by atoms with Crippen molar-refractivity contribution in [2.24, 2.45) is 0 Å². The first kappa shape index (κ1) is 46.6. The summed E-state index contributed by atoms with van der Waals surface area (Å²) >= 11 is 1.77. The Hall–Kier alpha value is -4.05. The molecular weight excluding hydrogens is 880 g/mol. The highest BCUT2D eigenvalue weighted by Crippen LogP contribution is 2.48. The molecule has 312 valence electrons. The van der Waals surface area contributed by atoms with Crippen molar-refractivity contribution >= 4 is 47.0 Å². The van der Waals surface area contributed by atoms with Crippen LogP contribution < -0.4 is 20.6 Å². The van der Waals surface area contributed by atoms with Gasteiger partial charge in [-0.3, -0.25) is 13.9 Å². The minimum atomic E-state index is -4.34. The Bertz CT molecular complexity index is 2050. The Balaban J connectivity index is 1.21. The Morgan fingerprint density at radius 1 is 0.914 bits per heavy atom. The Labute approximate surface area is 352 Å². The van der Waals surface area contributed by atoms with Gasteiger partial charge >= 0.3 is 19.4 Å². The van der Waals surface area contributed by atoms with E-state index in [4.69, 9.17) is 13.8 Å². The lowest BCUT2D eigenvalue weighted by molar-refractivity contribution is -0.141. The second-order valence-corrected chi connectivity index (χ2v) is 16.0. The number of hydrogen-bond acceptors (Lipinski definition) is 8. The van der Waals surface area contributed by atoms with E-state index in [0.29, 0.717) is 20.1 Å². The molecular formula is C43H52F2IN4O7P. The van der Waals surface area contributed by atoms with Gasteiger partial charge in [0.05, 0.1) is 6.61 Å². The van der Waals surface area contributed by atoms with E-state index < -0.39 is 44.4 Å². The average Bonchev–Trinajstić information content (AvgIpc) is 3.43. The summed E-state index contributed by atoms with van der Waals surface area (Å²) in [5.74, 6) is -3.93. The largest absolute Gasteiger partial charge is 0.458 e. The number of nitrogens with one attached hydrogen (secondary N) is 2. The lowest BCUT2D eigenvalue weighted by Gasteiger charge is -2.23. The number of nitrogens with zero attached hydrogens (tertiary/aromatic N) is 2. The van der Waals surface area contributed by atoms with Crippen molar-refractivity contribution in [1.82, 2.24) is 20.0 Å². The molecule has 58 heavy (non-hydrogen) atoms. The summed E-state index contributed by atoms with van der Waals surface area (Å²) in [5.41, 5.74) is -0.989. The predicted molar refractivity (Wildman–Crippen MR) is 233 cm³/mol. The number of carbonyl (C=O) groups excluding carboxylic acids is 1. The lowest BCUT2D eigenvalue weighted by atomic mass is 10.1. The van der Waals surface area contributed by atoms with Crippen LogP contribution in [0, 0.1) is 3.70 Å². The molecule has 2 aromatic carbocycles. The zero-order valence-corrected chi connectivity index (χ0v) is 35.6. The number of halogens is 3. The zero-order chi connectivity index (χ0) is 41.6. The zero-order valence-electron chi connectivity index (χ0n) is 32.5. The third-order valence-electron chi connectivity index (χ3n) is 8.69. The number of aliphatic hydroxyl groups is 1. The van der Waals surface area contributed by atoms with Gasteiger partial charge in [-0.05, 0) is 85.1 Å². The van der Waals surface area contributed by atoms with Crippen LogP contribution in [0.1, 0.15) is 64.5 Å². The van der Waals surface area contributed by atoms with Gasteiger partial charge in [0.25, 0.3) is 0 Å². The van der Waals surface area contributed by atoms with Crippen LogP contribution in [0.5, 0.6) is 5.75 Å². The van der Waals surface area contributed by atoms with Gasteiger partial charge in [0.1, 0.15) is 15.6 Å². The van der Waals surface area contributed by atoms with Gasteiger partial charge in [0.15, 0.2) is 6.10 Å². The van der Waals surface area contributed by atoms with Crippen LogP contribution in [-0.2, 0) is 18.6 Å². The number of alkyl halides is 2. The highest BCUT2D eigenvalue weighted by atomic mass is 127. The number of benzene rings is 2. The Morgan fingerprint density at radius 3 is 2.16 bits per heavy atom. The number of ether oxygens (including phenoxy) is 1. The van der Waals surface area contributed by atoms with Crippen LogP contribution in [0.15, 0.2) is 132 Å². The van der Waals surface area contributed by atoms with Gasteiger partial charge in [-0.1, -0.05) is 116 Å². The molecule has 0 radical (unpaired) electrons. The number of aromatic nitrogens is 2. The number of allylic oxidation sites excluding steroid dienone is 12. The first-order valence-corrected chi connectivity index (χ1v) is 22.0. The van der Waals surface area contributed by atoms with Gasteiger partial charge in [-0.15, -0.1) is 0 Å². The van der Waals surface area contributed by atoms with Crippen molar-refractivity contribution in [3.63, 3.8) is 0 Å². The van der Waals surface area contributed by atoms with Gasteiger partial charge in [0.2, 0.25) is 12.1 Å². The van der Waals surface area contributed by atoms with E-state index in [1.54, 1.807) is 46.9 Å². The molecule has 1 aliphatic rings. The Kier molecular flexibility index (Phi) is 19.9. The highest BCUT2D eigenvalue weighted by Gasteiger charge is 2.60. The van der Waals surface area contributed by atoms with Crippen molar-refractivity contribution < 1.29 is 37.0 Å². The Morgan fingerprint density at radius 2 is 1.52 bits per heavy atom. The number of rotatable bonds is 24. The molecule has 4 atom stereocenters. The van der Waals surface area contributed by atoms with Crippen LogP contribution >= 0.6 is 30.3 Å². The van der Waals surface area contributed by atoms with Gasteiger partial charge < -0.3 is 19.7 Å². The highest BCUT2D eigenvalue weighted by molar-refractivity contribution is 14.1. The molecule has 0 saturated carbocycles. The van der Waals surface area contributed by atoms with Crippen molar-refractivity contribution in [1.29, 1.82) is 0 Å². The SMILES string of the molecule is CC/C=C\C/C=C\C/C=C\C/C=C\C/C=C\C/C=C\CCC(=O)NCCNP(=O)(OC[C@H]1O[C@@H](n2ccc(I)nc2=O)C(F)(F)[C@@H]1O)Oc1cccc2ccccc12. The van der Waals surface area contributed by atoms with Crippen molar-refractivity contribution in [2.75, 3.05) is 19.7 Å². The summed E-state index contributed by atoms with van der Waals surface area (Å²) in [4.78, 5) is 28.5. The second-order valence-electron chi connectivity index (χ2n) is 13.2. The summed E-state index contributed by atoms with van der Waals surface area (Å²) in [7, 11) is -4.34. The molecule has 4 rings (SSSR count). The van der Waals surface area contributed by atoms with Crippen LogP contribution in [0.2, 0.25) is 0 Å². The minimum absolute atomic E-state index is 0.0558. The molecule has 1 saturated heterocycles. The summed E-state index contributed by atoms with van der Waals surface area (Å²) in [6.07, 6.45) is 26.6. The van der Waals surface area contributed by atoms with Crippen LogP contribution in [-0.4, -0.2) is 58.4 Å². The summed E-state index contributed by atoms with van der Waals surface area (Å²) in [5, 5.41) is 17.4. The van der Waals surface area contributed by atoms with Gasteiger partial charge in [0, 0.05) is 31.1 Å². The fourth-order valence-corrected chi connectivity index (χ4v) is 7.42. The van der Waals surface area contributed by atoms with Gasteiger partial charge in [-0.2, -0.15) is 13.8 Å². The topological polar surface area (TPSA) is 141 Å². The monoisotopic (exact) mass is 932 g/mol. The number of carbonyl (C=O) groups is 1. The molecule has 0 spiro atoms. The molecule has 3 N–H and O–H groups in total. The van der Waals surface area contributed by atoms with Crippen molar-refractivity contribution in [3.05, 3.63) is 142 Å². The second kappa shape index (κ2) is 24.8. The third-order valence-corrected chi connectivity index (χ3v) is 10.8. The molecule has 15 heteroatoms. The third kappa shape index (κ3) is 15.3. The van der Waals surface area contributed by atoms with Crippen molar-refractivity contribution in [2.45, 2.75) is 82.6 Å².